The zero-order valence-corrected chi connectivity index (χ0v) is 30.5. The molecule has 264 valence electrons. The van der Waals surface area contributed by atoms with Crippen LogP contribution in [0.1, 0.15) is 0 Å². The van der Waals surface area contributed by atoms with Crippen LogP contribution in [0.5, 0.6) is 0 Å². The fourth-order valence-corrected chi connectivity index (χ4v) is 9.42. The molecule has 0 saturated heterocycles. The van der Waals surface area contributed by atoms with Gasteiger partial charge in [0.15, 0.2) is 5.82 Å². The number of hydrogen-bond donors (Lipinski definition) is 0. The van der Waals surface area contributed by atoms with Gasteiger partial charge in [-0.1, -0.05) is 121 Å². The van der Waals surface area contributed by atoms with Crippen molar-refractivity contribution in [2.24, 2.45) is 0 Å². The van der Waals surface area contributed by atoms with Gasteiger partial charge >= 0.3 is 0 Å². The molecule has 0 amide bonds. The second-order valence-electron chi connectivity index (χ2n) is 14.9. The summed E-state index contributed by atoms with van der Waals surface area (Å²) in [4.78, 5) is 10.6. The lowest BCUT2D eigenvalue weighted by atomic mass is 10.0. The molecule has 4 heterocycles. The lowest BCUT2D eigenvalue weighted by molar-refractivity contribution is 0.669. The summed E-state index contributed by atoms with van der Waals surface area (Å²) in [6.45, 7) is 0. The van der Waals surface area contributed by atoms with Gasteiger partial charge in [0, 0.05) is 43.1 Å². The number of para-hydroxylation sites is 5. The summed E-state index contributed by atoms with van der Waals surface area (Å²) < 4.78 is 11.3. The molecule has 0 spiro atoms. The van der Waals surface area contributed by atoms with E-state index in [9.17, 15) is 0 Å². The van der Waals surface area contributed by atoms with E-state index >= 15 is 0 Å². The summed E-state index contributed by atoms with van der Waals surface area (Å²) in [5, 5.41) is 12.8. The van der Waals surface area contributed by atoms with Crippen molar-refractivity contribution >= 4 is 98.0 Å². The zero-order chi connectivity index (χ0) is 37.2. The smallest absolute Gasteiger partial charge is 0.165 e. The molecule has 0 aliphatic rings. The van der Waals surface area contributed by atoms with Gasteiger partial charge in [-0.25, -0.2) is 9.97 Å². The molecule has 4 aromatic heterocycles. The summed E-state index contributed by atoms with van der Waals surface area (Å²) in [6, 6.07) is 64.9. The highest BCUT2D eigenvalue weighted by Crippen LogP contribution is 2.42. The van der Waals surface area contributed by atoms with Gasteiger partial charge in [0.05, 0.1) is 38.8 Å². The minimum atomic E-state index is 0.626. The molecule has 0 unspecified atom stereocenters. The van der Waals surface area contributed by atoms with Crippen LogP contribution in [0.4, 0.5) is 0 Å². The fraction of sp³-hybridized carbons (Fsp3) is 0. The Morgan fingerprint density at radius 1 is 0.386 bits per heavy atom. The number of aromatic nitrogens is 4. The molecule has 13 aromatic rings. The quantitative estimate of drug-likeness (QED) is 0.182. The SMILES string of the molecule is c1cc(-n2c3ccccc3c3c4ccccc4ccc32)c2cc3c4ccccc4n(-c4nc(-c5cccc6c5oc5ccccc56)nc5ccccc45)c3cc2c1. The van der Waals surface area contributed by atoms with Crippen LogP contribution in [-0.4, -0.2) is 19.1 Å². The van der Waals surface area contributed by atoms with E-state index in [-0.39, 0.29) is 0 Å². The van der Waals surface area contributed by atoms with E-state index in [2.05, 4.69) is 167 Å². The number of nitrogens with zero attached hydrogens (tertiary/aromatic N) is 4. The van der Waals surface area contributed by atoms with Crippen LogP contribution in [0.15, 0.2) is 186 Å². The van der Waals surface area contributed by atoms with Crippen LogP contribution in [0.3, 0.4) is 0 Å². The van der Waals surface area contributed by atoms with Gasteiger partial charge in [0.2, 0.25) is 0 Å². The molecule has 0 saturated carbocycles. The molecule has 0 bridgehead atoms. The Labute approximate surface area is 325 Å². The molecule has 5 nitrogen and oxygen atoms in total. The van der Waals surface area contributed by atoms with Gasteiger partial charge in [-0.3, -0.25) is 4.57 Å². The maximum Gasteiger partial charge on any atom is 0.165 e. The van der Waals surface area contributed by atoms with Crippen molar-refractivity contribution in [1.82, 2.24) is 19.1 Å². The Morgan fingerprint density at radius 3 is 1.96 bits per heavy atom. The molecule has 13 rings (SSSR count). The van der Waals surface area contributed by atoms with E-state index in [0.29, 0.717) is 5.82 Å². The highest BCUT2D eigenvalue weighted by molar-refractivity contribution is 6.22. The van der Waals surface area contributed by atoms with Gasteiger partial charge in [-0.15, -0.1) is 0 Å². The summed E-state index contributed by atoms with van der Waals surface area (Å²) in [5.74, 6) is 1.46. The van der Waals surface area contributed by atoms with Gasteiger partial charge in [-0.2, -0.15) is 0 Å². The second kappa shape index (κ2) is 11.4. The average Bonchev–Trinajstić information content (AvgIpc) is 3.93. The third-order valence-electron chi connectivity index (χ3n) is 11.9. The molecule has 0 fully saturated rings. The summed E-state index contributed by atoms with van der Waals surface area (Å²) in [6.07, 6.45) is 0. The minimum Gasteiger partial charge on any atom is -0.455 e. The topological polar surface area (TPSA) is 48.8 Å². The fourth-order valence-electron chi connectivity index (χ4n) is 9.42. The van der Waals surface area contributed by atoms with E-state index in [1.54, 1.807) is 0 Å². The molecule has 0 aliphatic heterocycles. The lowest BCUT2D eigenvalue weighted by Gasteiger charge is -2.14. The zero-order valence-electron chi connectivity index (χ0n) is 30.5. The first-order chi connectivity index (χ1) is 28.3. The van der Waals surface area contributed by atoms with Crippen molar-refractivity contribution in [2.75, 3.05) is 0 Å². The summed E-state index contributed by atoms with van der Waals surface area (Å²) in [7, 11) is 0. The molecule has 9 aromatic carbocycles. The van der Waals surface area contributed by atoms with Gasteiger partial charge in [0.1, 0.15) is 17.0 Å². The van der Waals surface area contributed by atoms with Crippen molar-refractivity contribution in [3.8, 4) is 22.9 Å². The Balaban J connectivity index is 1.10. The van der Waals surface area contributed by atoms with E-state index in [0.717, 1.165) is 66.3 Å². The largest absolute Gasteiger partial charge is 0.455 e. The maximum absolute atomic E-state index is 6.50. The molecular formula is C52H30N4O. The molecule has 0 radical (unpaired) electrons. The highest BCUT2D eigenvalue weighted by atomic mass is 16.3. The van der Waals surface area contributed by atoms with Gasteiger partial charge in [-0.05, 0) is 76.8 Å². The van der Waals surface area contributed by atoms with Gasteiger partial charge in [0.25, 0.3) is 0 Å². The van der Waals surface area contributed by atoms with Crippen LogP contribution in [-0.2, 0) is 0 Å². The lowest BCUT2D eigenvalue weighted by Crippen LogP contribution is -2.03. The van der Waals surface area contributed by atoms with Crippen LogP contribution >= 0.6 is 0 Å². The standard InChI is InChI=1S/C52H30N4O/c1-2-15-33-31(13-1)27-28-46-49(33)38-19-5-9-24-44(38)55(46)45-25-11-14-32-29-47-41(30-40(32)45)34-16-4-8-23-43(34)56(47)52-37-18-3-7-22-42(37)53-51(54-52)39-21-12-20-36-35-17-6-10-26-48(35)57-50(36)39/h1-30H. The number of fused-ring (bicyclic) bond motifs is 13. The van der Waals surface area contributed by atoms with Crippen LogP contribution in [0.2, 0.25) is 0 Å². The summed E-state index contributed by atoms with van der Waals surface area (Å²) >= 11 is 0. The monoisotopic (exact) mass is 726 g/mol. The number of hydrogen-bond acceptors (Lipinski definition) is 3. The molecule has 0 aliphatic carbocycles. The van der Waals surface area contributed by atoms with Crippen molar-refractivity contribution in [3.63, 3.8) is 0 Å². The highest BCUT2D eigenvalue weighted by Gasteiger charge is 2.22. The van der Waals surface area contributed by atoms with Crippen LogP contribution in [0.25, 0.3) is 121 Å². The number of furan rings is 1. The molecular weight excluding hydrogens is 697 g/mol. The van der Waals surface area contributed by atoms with Crippen molar-refractivity contribution in [1.29, 1.82) is 0 Å². The average molecular weight is 727 g/mol. The summed E-state index contributed by atoms with van der Waals surface area (Å²) in [5.41, 5.74) is 9.10. The van der Waals surface area contributed by atoms with E-state index < -0.39 is 0 Å². The Hall–Kier alpha value is -7.76. The molecule has 0 N–H and O–H groups in total. The maximum atomic E-state index is 6.50. The Morgan fingerprint density at radius 2 is 1.07 bits per heavy atom. The van der Waals surface area contributed by atoms with E-state index in [4.69, 9.17) is 14.4 Å². The number of benzene rings is 9. The van der Waals surface area contributed by atoms with Crippen molar-refractivity contribution in [2.45, 2.75) is 0 Å². The molecule has 57 heavy (non-hydrogen) atoms. The van der Waals surface area contributed by atoms with E-state index in [1.165, 1.54) is 48.7 Å². The van der Waals surface area contributed by atoms with Crippen LogP contribution in [0, 0.1) is 0 Å². The Kier molecular flexibility index (Phi) is 6.10. The van der Waals surface area contributed by atoms with Crippen molar-refractivity contribution < 1.29 is 4.42 Å². The predicted molar refractivity (Wildman–Crippen MR) is 236 cm³/mol. The first-order valence-electron chi connectivity index (χ1n) is 19.3. The predicted octanol–water partition coefficient (Wildman–Crippen LogP) is 13.7. The normalized spacial score (nSPS) is 12.2. The first kappa shape index (κ1) is 30.6. The molecule has 5 heteroatoms. The molecule has 0 atom stereocenters. The van der Waals surface area contributed by atoms with Crippen LogP contribution < -0.4 is 0 Å². The van der Waals surface area contributed by atoms with Gasteiger partial charge < -0.3 is 8.98 Å². The number of rotatable bonds is 3. The minimum absolute atomic E-state index is 0.626. The third kappa shape index (κ3) is 4.23. The van der Waals surface area contributed by atoms with E-state index in [1.807, 2.05) is 24.3 Å². The Bertz CT molecular complexity index is 3830. The first-order valence-corrected chi connectivity index (χ1v) is 19.3. The second-order valence-corrected chi connectivity index (χ2v) is 14.9. The van der Waals surface area contributed by atoms with Crippen molar-refractivity contribution in [3.05, 3.63) is 182 Å². The third-order valence-corrected chi connectivity index (χ3v) is 11.9.